The molecule has 4 heteroatoms. The molecule has 0 aromatic heterocycles. The van der Waals surface area contributed by atoms with E-state index in [1.807, 2.05) is 6.92 Å². The van der Waals surface area contributed by atoms with E-state index in [-0.39, 0.29) is 10.8 Å². The molecule has 3 rings (SSSR count). The molecule has 2 unspecified atom stereocenters. The maximum absolute atomic E-state index is 12.3. The van der Waals surface area contributed by atoms with Crippen LogP contribution in [0.3, 0.4) is 0 Å². The van der Waals surface area contributed by atoms with Crippen molar-refractivity contribution in [2.45, 2.75) is 37.5 Å². The Morgan fingerprint density at radius 1 is 1.14 bits per heavy atom. The van der Waals surface area contributed by atoms with Gasteiger partial charge in [0.05, 0.1) is 4.90 Å². The standard InChI is InChI=1S/C18H21NO2S/c1-14-9-11-17(12-10-14)22(20,21)19-13-16-7-4-6-15-5-2-3-8-18(15)16/h2,5-6,9-13,16,18H,3-4,7-8H2,1H3. The summed E-state index contributed by atoms with van der Waals surface area (Å²) in [7, 11) is -3.58. The molecule has 116 valence electrons. The summed E-state index contributed by atoms with van der Waals surface area (Å²) < 4.78 is 28.6. The first-order valence-corrected chi connectivity index (χ1v) is 9.24. The van der Waals surface area contributed by atoms with Crippen molar-refractivity contribution in [3.05, 3.63) is 53.6 Å². The van der Waals surface area contributed by atoms with E-state index in [9.17, 15) is 8.42 Å². The van der Waals surface area contributed by atoms with Crippen molar-refractivity contribution in [1.82, 2.24) is 0 Å². The van der Waals surface area contributed by atoms with Crippen molar-refractivity contribution >= 4 is 16.2 Å². The van der Waals surface area contributed by atoms with E-state index >= 15 is 0 Å². The van der Waals surface area contributed by atoms with Gasteiger partial charge < -0.3 is 0 Å². The van der Waals surface area contributed by atoms with E-state index in [2.05, 4.69) is 22.6 Å². The molecule has 0 heterocycles. The van der Waals surface area contributed by atoms with Crippen molar-refractivity contribution in [2.24, 2.45) is 16.2 Å². The third-order valence-corrected chi connectivity index (χ3v) is 5.76. The molecule has 0 bridgehead atoms. The number of nitrogens with zero attached hydrogens (tertiary/aromatic N) is 1. The molecule has 2 aliphatic rings. The highest BCUT2D eigenvalue weighted by molar-refractivity contribution is 7.90. The third-order valence-electron chi connectivity index (χ3n) is 4.49. The molecule has 1 aromatic carbocycles. The molecule has 3 nitrogen and oxygen atoms in total. The first-order chi connectivity index (χ1) is 10.6. The second-order valence-corrected chi connectivity index (χ2v) is 7.71. The highest BCUT2D eigenvalue weighted by atomic mass is 32.2. The Labute approximate surface area is 132 Å². The zero-order valence-electron chi connectivity index (χ0n) is 12.8. The van der Waals surface area contributed by atoms with Crippen molar-refractivity contribution in [3.63, 3.8) is 0 Å². The molecule has 0 spiro atoms. The molecule has 0 fully saturated rings. The van der Waals surface area contributed by atoms with Gasteiger partial charge in [0.15, 0.2) is 0 Å². The Morgan fingerprint density at radius 3 is 2.68 bits per heavy atom. The summed E-state index contributed by atoms with van der Waals surface area (Å²) in [5.41, 5.74) is 2.39. The van der Waals surface area contributed by atoms with Gasteiger partial charge in [0.2, 0.25) is 0 Å². The molecular formula is C18H21NO2S. The van der Waals surface area contributed by atoms with Gasteiger partial charge in [-0.05, 0) is 56.2 Å². The van der Waals surface area contributed by atoms with Gasteiger partial charge in [0, 0.05) is 12.1 Å². The molecule has 0 N–H and O–H groups in total. The van der Waals surface area contributed by atoms with Crippen LogP contribution in [0.15, 0.2) is 57.4 Å². The number of fused-ring (bicyclic) bond motifs is 1. The van der Waals surface area contributed by atoms with Crippen molar-refractivity contribution < 1.29 is 8.42 Å². The van der Waals surface area contributed by atoms with E-state index in [1.165, 1.54) is 5.57 Å². The summed E-state index contributed by atoms with van der Waals surface area (Å²) in [5, 5.41) is 0. The molecule has 0 saturated heterocycles. The number of sulfonamides is 1. The lowest BCUT2D eigenvalue weighted by Crippen LogP contribution is -2.23. The van der Waals surface area contributed by atoms with Gasteiger partial charge in [0.25, 0.3) is 10.0 Å². The molecule has 2 aliphatic carbocycles. The van der Waals surface area contributed by atoms with Crippen molar-refractivity contribution in [3.8, 4) is 0 Å². The maximum atomic E-state index is 12.3. The van der Waals surface area contributed by atoms with Crippen LogP contribution >= 0.6 is 0 Å². The minimum atomic E-state index is -3.58. The van der Waals surface area contributed by atoms with Crippen LogP contribution in [0.4, 0.5) is 0 Å². The van der Waals surface area contributed by atoms with Crippen LogP contribution in [-0.4, -0.2) is 14.6 Å². The lowest BCUT2D eigenvalue weighted by Gasteiger charge is -2.31. The lowest BCUT2D eigenvalue weighted by atomic mass is 9.74. The van der Waals surface area contributed by atoms with Gasteiger partial charge in [-0.1, -0.05) is 35.9 Å². The van der Waals surface area contributed by atoms with E-state index in [1.54, 1.807) is 30.5 Å². The smallest absolute Gasteiger partial charge is 0.199 e. The number of allylic oxidation sites excluding steroid dienone is 4. The zero-order chi connectivity index (χ0) is 15.6. The average Bonchev–Trinajstić information content (AvgIpc) is 2.53. The summed E-state index contributed by atoms with van der Waals surface area (Å²) in [6.45, 7) is 1.94. The highest BCUT2D eigenvalue weighted by Gasteiger charge is 2.27. The maximum Gasteiger partial charge on any atom is 0.281 e. The van der Waals surface area contributed by atoms with Crippen LogP contribution < -0.4 is 0 Å². The molecule has 0 radical (unpaired) electrons. The first kappa shape index (κ1) is 15.2. The summed E-state index contributed by atoms with van der Waals surface area (Å²) in [6.07, 6.45) is 12.5. The molecule has 22 heavy (non-hydrogen) atoms. The SMILES string of the molecule is Cc1ccc(S(=O)(=O)N=CC2CCC=C3C=CCCC32)cc1. The average molecular weight is 315 g/mol. The Hall–Kier alpha value is -1.68. The first-order valence-electron chi connectivity index (χ1n) is 7.80. The predicted molar refractivity (Wildman–Crippen MR) is 89.5 cm³/mol. The fourth-order valence-electron chi connectivity index (χ4n) is 3.22. The molecule has 1 aromatic rings. The van der Waals surface area contributed by atoms with Crippen LogP contribution in [-0.2, 0) is 10.0 Å². The lowest BCUT2D eigenvalue weighted by molar-refractivity contribution is 0.414. The van der Waals surface area contributed by atoms with Crippen LogP contribution in [0.5, 0.6) is 0 Å². The van der Waals surface area contributed by atoms with E-state index in [0.717, 1.165) is 31.2 Å². The Bertz CT molecular complexity index is 727. The van der Waals surface area contributed by atoms with E-state index in [0.29, 0.717) is 5.92 Å². The molecular weight excluding hydrogens is 294 g/mol. The highest BCUT2D eigenvalue weighted by Crippen LogP contribution is 2.36. The molecule has 2 atom stereocenters. The molecule has 0 amide bonds. The summed E-state index contributed by atoms with van der Waals surface area (Å²) in [4.78, 5) is 0.268. The number of hydrogen-bond donors (Lipinski definition) is 0. The van der Waals surface area contributed by atoms with Gasteiger partial charge in [-0.2, -0.15) is 12.8 Å². The molecule has 0 saturated carbocycles. The normalized spacial score (nSPS) is 25.0. The van der Waals surface area contributed by atoms with Crippen molar-refractivity contribution in [2.75, 3.05) is 0 Å². The monoisotopic (exact) mass is 315 g/mol. The predicted octanol–water partition coefficient (Wildman–Crippen LogP) is 4.06. The number of hydrogen-bond acceptors (Lipinski definition) is 2. The Kier molecular flexibility index (Phi) is 4.30. The summed E-state index contributed by atoms with van der Waals surface area (Å²) >= 11 is 0. The minimum absolute atomic E-state index is 0.227. The van der Waals surface area contributed by atoms with Crippen LogP contribution in [0.2, 0.25) is 0 Å². The Balaban J connectivity index is 1.80. The topological polar surface area (TPSA) is 46.5 Å². The minimum Gasteiger partial charge on any atom is -0.199 e. The summed E-state index contributed by atoms with van der Waals surface area (Å²) in [5.74, 6) is 0.654. The Morgan fingerprint density at radius 2 is 1.91 bits per heavy atom. The third kappa shape index (κ3) is 3.22. The van der Waals surface area contributed by atoms with E-state index < -0.39 is 10.0 Å². The van der Waals surface area contributed by atoms with Crippen LogP contribution in [0.25, 0.3) is 0 Å². The van der Waals surface area contributed by atoms with Crippen molar-refractivity contribution in [1.29, 1.82) is 0 Å². The largest absolute Gasteiger partial charge is 0.281 e. The van der Waals surface area contributed by atoms with Gasteiger partial charge in [0.1, 0.15) is 0 Å². The van der Waals surface area contributed by atoms with E-state index in [4.69, 9.17) is 0 Å². The fourth-order valence-corrected chi connectivity index (χ4v) is 4.14. The van der Waals surface area contributed by atoms with Gasteiger partial charge in [-0.25, -0.2) is 0 Å². The van der Waals surface area contributed by atoms with Gasteiger partial charge >= 0.3 is 0 Å². The number of rotatable bonds is 3. The second-order valence-electron chi connectivity index (χ2n) is 6.07. The second kappa shape index (κ2) is 6.21. The quantitative estimate of drug-likeness (QED) is 0.790. The summed E-state index contributed by atoms with van der Waals surface area (Å²) in [6, 6.07) is 6.85. The number of aryl methyl sites for hydroxylation is 1. The van der Waals surface area contributed by atoms with Crippen LogP contribution in [0, 0.1) is 18.8 Å². The number of benzene rings is 1. The zero-order valence-corrected chi connectivity index (χ0v) is 13.6. The molecule has 0 aliphatic heterocycles. The van der Waals surface area contributed by atoms with Gasteiger partial charge in [-0.3, -0.25) is 0 Å². The van der Waals surface area contributed by atoms with Crippen LogP contribution in [0.1, 0.15) is 31.2 Å². The fraction of sp³-hybridized carbons (Fsp3) is 0.389. The van der Waals surface area contributed by atoms with Gasteiger partial charge in [-0.15, -0.1) is 0 Å².